The van der Waals surface area contributed by atoms with Crippen molar-refractivity contribution in [2.24, 2.45) is 0 Å². The van der Waals surface area contributed by atoms with E-state index in [2.05, 4.69) is 15.2 Å². The molecule has 3 nitrogen and oxygen atoms in total. The molecule has 0 aromatic carbocycles. The fourth-order valence-electron chi connectivity index (χ4n) is 2.00. The summed E-state index contributed by atoms with van der Waals surface area (Å²) in [6.07, 6.45) is 3.29. The maximum atomic E-state index is 13.2. The third-order valence-electron chi connectivity index (χ3n) is 2.98. The summed E-state index contributed by atoms with van der Waals surface area (Å²) in [6, 6.07) is 1.25. The largest absolute Gasteiger partial charge is 0.366 e. The topological polar surface area (TPSA) is 28.2 Å². The second-order valence-electron chi connectivity index (χ2n) is 4.14. The number of hydrogen-bond acceptors (Lipinski definition) is 3. The highest BCUT2D eigenvalue weighted by molar-refractivity contribution is 5.35. The first-order valence-corrected chi connectivity index (χ1v) is 5.42. The fraction of sp³-hybridized carbons (Fsp3) is 0.545. The molecule has 1 N–H and O–H groups in total. The first kappa shape index (κ1) is 11.3. The minimum Gasteiger partial charge on any atom is -0.366 e. The van der Waals surface area contributed by atoms with Gasteiger partial charge in [-0.25, -0.2) is 13.8 Å². The van der Waals surface area contributed by atoms with E-state index in [-0.39, 0.29) is 5.82 Å². The molecule has 0 spiro atoms. The summed E-state index contributed by atoms with van der Waals surface area (Å²) >= 11 is 0. The van der Waals surface area contributed by atoms with Gasteiger partial charge < -0.3 is 10.2 Å². The van der Waals surface area contributed by atoms with E-state index in [1.165, 1.54) is 6.42 Å². The lowest BCUT2D eigenvalue weighted by Gasteiger charge is -2.19. The summed E-state index contributed by atoms with van der Waals surface area (Å²) in [6.45, 7) is 1.72. The van der Waals surface area contributed by atoms with Crippen molar-refractivity contribution in [2.75, 3.05) is 25.5 Å². The molecule has 1 atom stereocenters. The number of nitrogens with one attached hydrogen (secondary N) is 1. The zero-order valence-corrected chi connectivity index (χ0v) is 9.21. The Balaban J connectivity index is 1.94. The molecule has 2 rings (SSSR count). The Kier molecular flexibility index (Phi) is 3.33. The minimum absolute atomic E-state index is 0.127. The Morgan fingerprint density at radius 2 is 2.38 bits per heavy atom. The van der Waals surface area contributed by atoms with Crippen molar-refractivity contribution in [2.45, 2.75) is 18.9 Å². The Morgan fingerprint density at radius 1 is 1.56 bits per heavy atom. The predicted molar refractivity (Wildman–Crippen MR) is 58.3 cm³/mol. The van der Waals surface area contributed by atoms with Crippen molar-refractivity contribution in [1.82, 2.24) is 9.88 Å². The highest BCUT2D eigenvalue weighted by Gasteiger charge is 2.20. The Hall–Kier alpha value is -1.23. The first-order valence-electron chi connectivity index (χ1n) is 5.42. The molecule has 5 heteroatoms. The van der Waals surface area contributed by atoms with Crippen molar-refractivity contribution >= 4 is 5.82 Å². The lowest BCUT2D eigenvalue weighted by atomic mass is 10.2. The Bertz CT molecular complexity index is 370. The van der Waals surface area contributed by atoms with Crippen LogP contribution in [0.5, 0.6) is 0 Å². The van der Waals surface area contributed by atoms with Gasteiger partial charge in [-0.05, 0) is 26.4 Å². The van der Waals surface area contributed by atoms with Crippen LogP contribution in [-0.4, -0.2) is 36.1 Å². The Labute approximate surface area is 93.5 Å². The van der Waals surface area contributed by atoms with E-state index in [0.717, 1.165) is 25.2 Å². The van der Waals surface area contributed by atoms with Gasteiger partial charge in [0.25, 0.3) is 0 Å². The molecule has 1 saturated heterocycles. The van der Waals surface area contributed by atoms with E-state index in [1.54, 1.807) is 0 Å². The zero-order chi connectivity index (χ0) is 11.5. The molecular weight excluding hydrogens is 212 g/mol. The molecule has 1 unspecified atom stereocenters. The number of aromatic nitrogens is 1. The van der Waals surface area contributed by atoms with Gasteiger partial charge in [-0.1, -0.05) is 0 Å². The number of hydrogen-bond donors (Lipinski definition) is 1. The van der Waals surface area contributed by atoms with Crippen molar-refractivity contribution in [1.29, 1.82) is 0 Å². The number of anilines is 1. The van der Waals surface area contributed by atoms with Crippen molar-refractivity contribution in [3.63, 3.8) is 0 Å². The molecular formula is C11H15F2N3. The number of nitrogens with zero attached hydrogens (tertiary/aromatic N) is 2. The lowest BCUT2D eigenvalue weighted by Crippen LogP contribution is -2.31. The SMILES string of the molecule is CN1CCCC1CNc1ncc(F)cc1F. The van der Waals surface area contributed by atoms with Crippen LogP contribution in [0.4, 0.5) is 14.6 Å². The van der Waals surface area contributed by atoms with Crippen molar-refractivity contribution in [3.05, 3.63) is 23.9 Å². The average Bonchev–Trinajstić information content (AvgIpc) is 2.63. The van der Waals surface area contributed by atoms with Gasteiger partial charge in [0.15, 0.2) is 11.6 Å². The summed E-state index contributed by atoms with van der Waals surface area (Å²) in [5.74, 6) is -1.16. The first-order chi connectivity index (χ1) is 7.66. The molecule has 0 saturated carbocycles. The minimum atomic E-state index is -0.652. The van der Waals surface area contributed by atoms with Crippen molar-refractivity contribution in [3.8, 4) is 0 Å². The van der Waals surface area contributed by atoms with E-state index in [0.29, 0.717) is 12.6 Å². The number of pyridine rings is 1. The van der Waals surface area contributed by atoms with Gasteiger partial charge >= 0.3 is 0 Å². The van der Waals surface area contributed by atoms with E-state index in [9.17, 15) is 8.78 Å². The van der Waals surface area contributed by atoms with Gasteiger partial charge in [-0.3, -0.25) is 0 Å². The van der Waals surface area contributed by atoms with Gasteiger partial charge in [-0.15, -0.1) is 0 Å². The number of likely N-dealkylation sites (N-methyl/N-ethyl adjacent to an activating group) is 1. The predicted octanol–water partition coefficient (Wildman–Crippen LogP) is 1.87. The van der Waals surface area contributed by atoms with Crippen LogP contribution < -0.4 is 5.32 Å². The third kappa shape index (κ3) is 2.47. The second-order valence-corrected chi connectivity index (χ2v) is 4.14. The quantitative estimate of drug-likeness (QED) is 0.854. The van der Waals surface area contributed by atoms with Crippen LogP contribution >= 0.6 is 0 Å². The molecule has 1 fully saturated rings. The molecule has 1 aliphatic rings. The molecule has 0 bridgehead atoms. The molecule has 0 radical (unpaired) electrons. The second kappa shape index (κ2) is 4.74. The van der Waals surface area contributed by atoms with Crippen LogP contribution in [0.3, 0.4) is 0 Å². The van der Waals surface area contributed by atoms with E-state index in [1.807, 2.05) is 7.05 Å². The summed E-state index contributed by atoms with van der Waals surface area (Å²) in [7, 11) is 2.05. The average molecular weight is 227 g/mol. The fourth-order valence-corrected chi connectivity index (χ4v) is 2.00. The number of halogens is 2. The summed E-state index contributed by atoms with van der Waals surface area (Å²) in [5, 5.41) is 2.92. The molecule has 88 valence electrons. The molecule has 1 aromatic rings. The van der Waals surface area contributed by atoms with E-state index < -0.39 is 11.6 Å². The normalized spacial score (nSPS) is 21.3. The van der Waals surface area contributed by atoms with E-state index >= 15 is 0 Å². The Morgan fingerprint density at radius 3 is 3.00 bits per heavy atom. The standard InChI is InChI=1S/C11H15F2N3/c1-16-4-2-3-9(16)7-15-11-10(13)5-8(12)6-14-11/h5-6,9H,2-4,7H2,1H3,(H,14,15). The molecule has 1 aromatic heterocycles. The van der Waals surface area contributed by atoms with Crippen LogP contribution in [0.2, 0.25) is 0 Å². The van der Waals surface area contributed by atoms with Crippen LogP contribution in [0.1, 0.15) is 12.8 Å². The molecule has 0 amide bonds. The van der Waals surface area contributed by atoms with Crippen molar-refractivity contribution < 1.29 is 8.78 Å². The van der Waals surface area contributed by atoms with Gasteiger partial charge in [0.05, 0.1) is 6.20 Å². The molecule has 0 aliphatic carbocycles. The van der Waals surface area contributed by atoms with Gasteiger partial charge in [-0.2, -0.15) is 0 Å². The van der Waals surface area contributed by atoms with Gasteiger partial charge in [0.1, 0.15) is 5.82 Å². The maximum Gasteiger partial charge on any atom is 0.168 e. The monoisotopic (exact) mass is 227 g/mol. The number of rotatable bonds is 3. The highest BCUT2D eigenvalue weighted by Crippen LogP contribution is 2.16. The molecule has 1 aliphatic heterocycles. The number of likely N-dealkylation sites (tertiary alicyclic amines) is 1. The summed E-state index contributed by atoms with van der Waals surface area (Å²) < 4.78 is 25.9. The van der Waals surface area contributed by atoms with Crippen LogP contribution in [0.15, 0.2) is 12.3 Å². The van der Waals surface area contributed by atoms with Crippen LogP contribution in [0.25, 0.3) is 0 Å². The molecule has 16 heavy (non-hydrogen) atoms. The van der Waals surface area contributed by atoms with Crippen LogP contribution in [-0.2, 0) is 0 Å². The summed E-state index contributed by atoms with van der Waals surface area (Å²) in [4.78, 5) is 5.91. The maximum absolute atomic E-state index is 13.2. The summed E-state index contributed by atoms with van der Waals surface area (Å²) in [5.41, 5.74) is 0. The van der Waals surface area contributed by atoms with Crippen LogP contribution in [0, 0.1) is 11.6 Å². The van der Waals surface area contributed by atoms with Gasteiger partial charge in [0.2, 0.25) is 0 Å². The lowest BCUT2D eigenvalue weighted by molar-refractivity contribution is 0.322. The molecule has 2 heterocycles. The highest BCUT2D eigenvalue weighted by atomic mass is 19.1. The smallest absolute Gasteiger partial charge is 0.168 e. The van der Waals surface area contributed by atoms with Gasteiger partial charge in [0, 0.05) is 18.7 Å². The third-order valence-corrected chi connectivity index (χ3v) is 2.98. The van der Waals surface area contributed by atoms with E-state index in [4.69, 9.17) is 0 Å². The zero-order valence-electron chi connectivity index (χ0n) is 9.21.